The summed E-state index contributed by atoms with van der Waals surface area (Å²) in [7, 11) is -3.27. The number of hydrogen-bond donors (Lipinski definition) is 0. The summed E-state index contributed by atoms with van der Waals surface area (Å²) in [5.41, 5.74) is 0.696. The molecule has 4 aliphatic rings. The Morgan fingerprint density at radius 2 is 1.50 bits per heavy atom. The van der Waals surface area contributed by atoms with Gasteiger partial charge in [-0.2, -0.15) is 0 Å². The summed E-state index contributed by atoms with van der Waals surface area (Å²) in [5, 5.41) is -0.190. The molecule has 0 N–H and O–H groups in total. The average molecular weight is 513 g/mol. The summed E-state index contributed by atoms with van der Waals surface area (Å²) in [6.45, 7) is 12.5. The Morgan fingerprint density at radius 3 is 2.22 bits per heavy atom. The molecule has 4 fully saturated rings. The van der Waals surface area contributed by atoms with Crippen molar-refractivity contribution in [1.29, 1.82) is 0 Å². The highest BCUT2D eigenvalue weighted by molar-refractivity contribution is 7.92. The maximum Gasteiger partial charge on any atom is 0.181 e. The van der Waals surface area contributed by atoms with E-state index < -0.39 is 9.84 Å². The van der Waals surface area contributed by atoms with Gasteiger partial charge in [-0.05, 0) is 116 Å². The first-order chi connectivity index (χ1) is 17.1. The second-order valence-corrected chi connectivity index (χ2v) is 16.6. The highest BCUT2D eigenvalue weighted by Crippen LogP contribution is 2.68. The quantitative estimate of drug-likeness (QED) is 0.365. The summed E-state index contributed by atoms with van der Waals surface area (Å²) >= 11 is 0. The minimum atomic E-state index is -3.27. The molecule has 1 aromatic carbocycles. The molecule has 2 nitrogen and oxygen atoms in total. The zero-order chi connectivity index (χ0) is 25.7. The van der Waals surface area contributed by atoms with Crippen molar-refractivity contribution in [1.82, 2.24) is 0 Å². The number of rotatable bonds is 7. The van der Waals surface area contributed by atoms with Gasteiger partial charge in [0, 0.05) is 0 Å². The number of hydrogen-bond acceptors (Lipinski definition) is 2. The molecule has 0 radical (unpaired) electrons. The van der Waals surface area contributed by atoms with Crippen LogP contribution in [0, 0.1) is 52.3 Å². The van der Waals surface area contributed by atoms with E-state index >= 15 is 0 Å². The third kappa shape index (κ3) is 4.42. The second kappa shape index (κ2) is 10.0. The minimum Gasteiger partial charge on any atom is -0.223 e. The standard InChI is InChI=1S/C33H52O2S/c1-23(2)11-9-12-24(3)27-18-19-28-26-16-17-30-31(36(34,35)25-13-7-6-8-14-25)15-10-21-32(30,4)29(26)20-22-33(27,28)5/h6-8,13-14,23-24,26-31H,9-12,15-22H2,1-5H3/t24-,26+,27-,28+,29+,30+,31+,32-,33-/m1/s1. The van der Waals surface area contributed by atoms with Crippen molar-refractivity contribution in [3.63, 3.8) is 0 Å². The molecule has 5 rings (SSSR count). The molecule has 0 amide bonds. The molecule has 0 aromatic heterocycles. The third-order valence-corrected chi connectivity index (χ3v) is 14.6. The van der Waals surface area contributed by atoms with Gasteiger partial charge in [-0.3, -0.25) is 0 Å². The molecule has 202 valence electrons. The van der Waals surface area contributed by atoms with E-state index in [0.717, 1.165) is 54.8 Å². The van der Waals surface area contributed by atoms with Crippen molar-refractivity contribution in [2.45, 2.75) is 122 Å². The van der Waals surface area contributed by atoms with Crippen LogP contribution in [0.4, 0.5) is 0 Å². The topological polar surface area (TPSA) is 34.1 Å². The van der Waals surface area contributed by atoms with Crippen molar-refractivity contribution in [3.8, 4) is 0 Å². The molecule has 0 saturated heterocycles. The highest BCUT2D eigenvalue weighted by atomic mass is 32.2. The molecule has 0 spiro atoms. The van der Waals surface area contributed by atoms with E-state index in [-0.39, 0.29) is 10.7 Å². The Labute approximate surface area is 222 Å². The fourth-order valence-electron chi connectivity index (χ4n) is 10.5. The van der Waals surface area contributed by atoms with E-state index in [4.69, 9.17) is 0 Å². The number of sulfone groups is 1. The predicted octanol–water partition coefficient (Wildman–Crippen LogP) is 8.95. The normalized spacial score (nSPS) is 41.4. The zero-order valence-electron chi connectivity index (χ0n) is 23.7. The van der Waals surface area contributed by atoms with Gasteiger partial charge in [0.25, 0.3) is 0 Å². The predicted molar refractivity (Wildman–Crippen MR) is 150 cm³/mol. The van der Waals surface area contributed by atoms with Crippen LogP contribution in [-0.4, -0.2) is 13.7 Å². The minimum absolute atomic E-state index is 0.190. The molecule has 4 aliphatic carbocycles. The van der Waals surface area contributed by atoms with Gasteiger partial charge in [-0.15, -0.1) is 0 Å². The highest BCUT2D eigenvalue weighted by Gasteiger charge is 2.62. The smallest absolute Gasteiger partial charge is 0.181 e. The fraction of sp³-hybridized carbons (Fsp3) is 0.818. The molecule has 0 aliphatic heterocycles. The van der Waals surface area contributed by atoms with Crippen molar-refractivity contribution in [3.05, 3.63) is 30.3 Å². The molecule has 9 atom stereocenters. The van der Waals surface area contributed by atoms with E-state index in [2.05, 4.69) is 34.6 Å². The Balaban J connectivity index is 1.35. The van der Waals surface area contributed by atoms with Gasteiger partial charge in [0.15, 0.2) is 9.84 Å². The molecule has 36 heavy (non-hydrogen) atoms. The van der Waals surface area contributed by atoms with E-state index in [1.54, 1.807) is 0 Å². The van der Waals surface area contributed by atoms with Gasteiger partial charge in [0.05, 0.1) is 10.1 Å². The number of benzene rings is 1. The van der Waals surface area contributed by atoms with Gasteiger partial charge in [0.2, 0.25) is 0 Å². The van der Waals surface area contributed by atoms with Crippen LogP contribution < -0.4 is 0 Å². The summed E-state index contributed by atoms with van der Waals surface area (Å²) in [6.07, 6.45) is 15.3. The van der Waals surface area contributed by atoms with Gasteiger partial charge in [-0.1, -0.05) is 78.5 Å². The lowest BCUT2D eigenvalue weighted by Gasteiger charge is -2.62. The van der Waals surface area contributed by atoms with Gasteiger partial charge in [0.1, 0.15) is 0 Å². The number of fused-ring (bicyclic) bond motifs is 5. The van der Waals surface area contributed by atoms with Crippen LogP contribution in [0.2, 0.25) is 0 Å². The van der Waals surface area contributed by atoms with Crippen LogP contribution >= 0.6 is 0 Å². The molecule has 0 unspecified atom stereocenters. The van der Waals surface area contributed by atoms with E-state index in [1.165, 1.54) is 57.8 Å². The molecule has 0 bridgehead atoms. The Hall–Kier alpha value is -0.830. The molecule has 4 saturated carbocycles. The Bertz CT molecular complexity index is 1000. The van der Waals surface area contributed by atoms with Crippen LogP contribution in [0.15, 0.2) is 35.2 Å². The molecular formula is C33H52O2S. The summed E-state index contributed by atoms with van der Waals surface area (Å²) in [5.74, 6) is 5.28. The van der Waals surface area contributed by atoms with Crippen LogP contribution in [0.25, 0.3) is 0 Å². The maximum absolute atomic E-state index is 13.8. The first-order valence-electron chi connectivity index (χ1n) is 15.4. The molecular weight excluding hydrogens is 460 g/mol. The lowest BCUT2D eigenvalue weighted by molar-refractivity contribution is -0.113. The Morgan fingerprint density at radius 1 is 0.806 bits per heavy atom. The fourth-order valence-corrected chi connectivity index (χ4v) is 12.8. The van der Waals surface area contributed by atoms with E-state index in [9.17, 15) is 8.42 Å². The zero-order valence-corrected chi connectivity index (χ0v) is 24.5. The lowest BCUT2D eigenvalue weighted by Crippen LogP contribution is -2.56. The summed E-state index contributed by atoms with van der Waals surface area (Å²) in [6, 6.07) is 9.33. The Kier molecular flexibility index (Phi) is 7.47. The van der Waals surface area contributed by atoms with Crippen LogP contribution in [0.5, 0.6) is 0 Å². The van der Waals surface area contributed by atoms with Crippen LogP contribution in [0.1, 0.15) is 112 Å². The monoisotopic (exact) mass is 512 g/mol. The first-order valence-corrected chi connectivity index (χ1v) is 16.9. The lowest BCUT2D eigenvalue weighted by atomic mass is 9.44. The van der Waals surface area contributed by atoms with Crippen molar-refractivity contribution >= 4 is 9.84 Å². The first kappa shape index (κ1) is 26.8. The average Bonchev–Trinajstić information content (AvgIpc) is 3.21. The summed E-state index contributed by atoms with van der Waals surface area (Å²) < 4.78 is 27.6. The largest absolute Gasteiger partial charge is 0.223 e. The van der Waals surface area contributed by atoms with Gasteiger partial charge in [-0.25, -0.2) is 8.42 Å². The second-order valence-electron chi connectivity index (χ2n) is 14.4. The SMILES string of the molecule is CC(C)CCC[C@@H](C)[C@H]1CC[C@H]2[C@@H]3CC[C@H]4[C@@H](S(=O)(=O)c5ccccc5)CCC[C@]4(C)[C@H]3CC[C@]12C. The summed E-state index contributed by atoms with van der Waals surface area (Å²) in [4.78, 5) is 0.544. The van der Waals surface area contributed by atoms with Crippen molar-refractivity contribution in [2.24, 2.45) is 52.3 Å². The van der Waals surface area contributed by atoms with Crippen molar-refractivity contribution < 1.29 is 8.42 Å². The van der Waals surface area contributed by atoms with Crippen molar-refractivity contribution in [2.75, 3.05) is 0 Å². The van der Waals surface area contributed by atoms with E-state index in [1.807, 2.05) is 30.3 Å². The van der Waals surface area contributed by atoms with E-state index in [0.29, 0.717) is 16.2 Å². The van der Waals surface area contributed by atoms with Gasteiger partial charge < -0.3 is 0 Å². The third-order valence-electron chi connectivity index (χ3n) is 12.3. The molecule has 3 heteroatoms. The molecule has 0 heterocycles. The maximum atomic E-state index is 13.8. The van der Waals surface area contributed by atoms with Gasteiger partial charge >= 0.3 is 0 Å². The van der Waals surface area contributed by atoms with Crippen LogP contribution in [0.3, 0.4) is 0 Å². The molecule has 1 aromatic rings. The van der Waals surface area contributed by atoms with Crippen LogP contribution in [-0.2, 0) is 9.84 Å².